The van der Waals surface area contributed by atoms with E-state index in [1.165, 1.54) is 41.5 Å². The molecular formula is C23H26N2. The Morgan fingerprint density at radius 3 is 2.60 bits per heavy atom. The Hall–Kier alpha value is -2.32. The lowest BCUT2D eigenvalue weighted by Gasteiger charge is -2.25. The number of nitrogens with one attached hydrogen (secondary N) is 1. The van der Waals surface area contributed by atoms with Crippen molar-refractivity contribution in [3.8, 4) is 0 Å². The summed E-state index contributed by atoms with van der Waals surface area (Å²) in [5, 5.41) is 6.32. The van der Waals surface area contributed by atoms with Gasteiger partial charge in [-0.2, -0.15) is 0 Å². The molecule has 1 heterocycles. The zero-order chi connectivity index (χ0) is 17.1. The Morgan fingerprint density at radius 2 is 1.72 bits per heavy atom. The van der Waals surface area contributed by atoms with Crippen molar-refractivity contribution in [3.05, 3.63) is 78.4 Å². The number of nitrogens with zero attached hydrogens (tertiary/aromatic N) is 1. The van der Waals surface area contributed by atoms with Gasteiger partial charge in [-0.25, -0.2) is 0 Å². The van der Waals surface area contributed by atoms with Gasteiger partial charge in [0.25, 0.3) is 0 Å². The zero-order valence-electron chi connectivity index (χ0n) is 14.9. The molecule has 0 aromatic heterocycles. The van der Waals surface area contributed by atoms with Crippen molar-refractivity contribution in [2.24, 2.45) is 5.92 Å². The molecule has 1 aliphatic rings. The van der Waals surface area contributed by atoms with Crippen LogP contribution < -0.4 is 5.32 Å². The lowest BCUT2D eigenvalue weighted by Crippen LogP contribution is -2.26. The summed E-state index contributed by atoms with van der Waals surface area (Å²) in [6, 6.07) is 26.5. The van der Waals surface area contributed by atoms with Gasteiger partial charge in [0.2, 0.25) is 0 Å². The molecule has 1 N–H and O–H groups in total. The summed E-state index contributed by atoms with van der Waals surface area (Å²) in [5.74, 6) is 0.713. The Bertz CT molecular complexity index is 822. The van der Waals surface area contributed by atoms with E-state index in [2.05, 4.69) is 89.9 Å². The third kappa shape index (κ3) is 3.54. The van der Waals surface area contributed by atoms with E-state index in [1.54, 1.807) is 0 Å². The first kappa shape index (κ1) is 16.2. The zero-order valence-corrected chi connectivity index (χ0v) is 14.9. The molecule has 2 atom stereocenters. The van der Waals surface area contributed by atoms with Crippen LogP contribution in [0.15, 0.2) is 72.8 Å². The van der Waals surface area contributed by atoms with Crippen LogP contribution in [-0.2, 0) is 0 Å². The molecule has 2 nitrogen and oxygen atoms in total. The minimum Gasteiger partial charge on any atom is -0.384 e. The maximum absolute atomic E-state index is 3.70. The molecule has 0 spiro atoms. The van der Waals surface area contributed by atoms with Crippen molar-refractivity contribution in [1.82, 2.24) is 4.90 Å². The van der Waals surface area contributed by atoms with Gasteiger partial charge in [-0.15, -0.1) is 0 Å². The number of hydrogen-bond acceptors (Lipinski definition) is 2. The fourth-order valence-electron chi connectivity index (χ4n) is 3.96. The van der Waals surface area contributed by atoms with Crippen LogP contribution in [0, 0.1) is 5.92 Å². The highest BCUT2D eigenvalue weighted by atomic mass is 15.2. The lowest BCUT2D eigenvalue weighted by atomic mass is 10.1. The Balaban J connectivity index is 1.38. The number of hydrogen-bond donors (Lipinski definition) is 1. The molecule has 1 fully saturated rings. The summed E-state index contributed by atoms with van der Waals surface area (Å²) in [4.78, 5) is 2.62. The standard InChI is InChI=1S/C23H26N2/c1-18(20-8-3-2-4-9-20)25-15-14-19(17-25)16-24-23-13-7-11-21-10-5-6-12-22(21)23/h2-13,18-19,24H,14-17H2,1H3/t18-,19+/m1/s1. The molecule has 0 radical (unpaired) electrons. The third-order valence-electron chi connectivity index (χ3n) is 5.52. The molecule has 2 heteroatoms. The molecule has 3 aromatic rings. The predicted molar refractivity (Wildman–Crippen MR) is 107 cm³/mol. The van der Waals surface area contributed by atoms with Crippen molar-refractivity contribution in [3.63, 3.8) is 0 Å². The first-order valence-electron chi connectivity index (χ1n) is 9.32. The van der Waals surface area contributed by atoms with E-state index in [4.69, 9.17) is 0 Å². The normalized spacial score (nSPS) is 19.2. The van der Waals surface area contributed by atoms with E-state index in [9.17, 15) is 0 Å². The summed E-state index contributed by atoms with van der Waals surface area (Å²) < 4.78 is 0. The number of benzene rings is 3. The topological polar surface area (TPSA) is 15.3 Å². The number of rotatable bonds is 5. The SMILES string of the molecule is C[C@H](c1ccccc1)N1CC[C@@H](CNc2cccc3ccccc23)C1. The molecule has 3 aromatic carbocycles. The Kier molecular flexibility index (Phi) is 4.71. The van der Waals surface area contributed by atoms with E-state index in [1.807, 2.05) is 0 Å². The van der Waals surface area contributed by atoms with Gasteiger partial charge in [-0.05, 0) is 42.8 Å². The monoisotopic (exact) mass is 330 g/mol. The van der Waals surface area contributed by atoms with E-state index in [0.29, 0.717) is 12.0 Å². The van der Waals surface area contributed by atoms with E-state index in [-0.39, 0.29) is 0 Å². The molecule has 0 saturated carbocycles. The van der Waals surface area contributed by atoms with Crippen LogP contribution in [0.5, 0.6) is 0 Å². The molecule has 0 bridgehead atoms. The van der Waals surface area contributed by atoms with Gasteiger partial charge in [-0.3, -0.25) is 4.90 Å². The Morgan fingerprint density at radius 1 is 0.960 bits per heavy atom. The van der Waals surface area contributed by atoms with Crippen LogP contribution >= 0.6 is 0 Å². The molecule has 25 heavy (non-hydrogen) atoms. The maximum Gasteiger partial charge on any atom is 0.0419 e. The average Bonchev–Trinajstić information content (AvgIpc) is 3.15. The van der Waals surface area contributed by atoms with Crippen LogP contribution in [-0.4, -0.2) is 24.5 Å². The van der Waals surface area contributed by atoms with Gasteiger partial charge < -0.3 is 5.32 Å². The van der Waals surface area contributed by atoms with Gasteiger partial charge in [0, 0.05) is 30.2 Å². The van der Waals surface area contributed by atoms with Crippen LogP contribution in [0.25, 0.3) is 10.8 Å². The summed E-state index contributed by atoms with van der Waals surface area (Å²) in [7, 11) is 0. The van der Waals surface area contributed by atoms with Gasteiger partial charge in [0.05, 0.1) is 0 Å². The highest BCUT2D eigenvalue weighted by Gasteiger charge is 2.26. The van der Waals surface area contributed by atoms with Crippen LogP contribution in [0.1, 0.15) is 24.9 Å². The van der Waals surface area contributed by atoms with Gasteiger partial charge in [-0.1, -0.05) is 66.7 Å². The number of likely N-dealkylation sites (tertiary alicyclic amines) is 1. The van der Waals surface area contributed by atoms with Crippen molar-refractivity contribution in [2.75, 3.05) is 25.0 Å². The average molecular weight is 330 g/mol. The minimum atomic E-state index is 0.503. The second-order valence-electron chi connectivity index (χ2n) is 7.14. The first-order valence-corrected chi connectivity index (χ1v) is 9.32. The molecule has 1 saturated heterocycles. The summed E-state index contributed by atoms with van der Waals surface area (Å²) in [5.41, 5.74) is 2.68. The molecular weight excluding hydrogens is 304 g/mol. The van der Waals surface area contributed by atoms with Crippen LogP contribution in [0.3, 0.4) is 0 Å². The van der Waals surface area contributed by atoms with Crippen molar-refractivity contribution in [2.45, 2.75) is 19.4 Å². The molecule has 4 rings (SSSR count). The maximum atomic E-state index is 3.70. The fraction of sp³-hybridized carbons (Fsp3) is 0.304. The lowest BCUT2D eigenvalue weighted by molar-refractivity contribution is 0.254. The second kappa shape index (κ2) is 7.28. The van der Waals surface area contributed by atoms with Gasteiger partial charge in [0.1, 0.15) is 0 Å². The first-order chi connectivity index (χ1) is 12.3. The van der Waals surface area contributed by atoms with Gasteiger partial charge >= 0.3 is 0 Å². The highest BCUT2D eigenvalue weighted by molar-refractivity contribution is 5.93. The van der Waals surface area contributed by atoms with Crippen molar-refractivity contribution >= 4 is 16.5 Å². The quantitative estimate of drug-likeness (QED) is 0.680. The van der Waals surface area contributed by atoms with Crippen LogP contribution in [0.2, 0.25) is 0 Å². The molecule has 1 aliphatic heterocycles. The summed E-state index contributed by atoms with van der Waals surface area (Å²) in [6.45, 7) is 5.74. The van der Waals surface area contributed by atoms with E-state index < -0.39 is 0 Å². The highest BCUT2D eigenvalue weighted by Crippen LogP contribution is 2.28. The largest absolute Gasteiger partial charge is 0.384 e. The molecule has 0 aliphatic carbocycles. The van der Waals surface area contributed by atoms with Gasteiger partial charge in [0.15, 0.2) is 0 Å². The Labute approximate surface area is 150 Å². The second-order valence-corrected chi connectivity index (χ2v) is 7.14. The van der Waals surface area contributed by atoms with Crippen molar-refractivity contribution in [1.29, 1.82) is 0 Å². The number of anilines is 1. The van der Waals surface area contributed by atoms with E-state index in [0.717, 1.165) is 6.54 Å². The minimum absolute atomic E-state index is 0.503. The smallest absolute Gasteiger partial charge is 0.0419 e. The molecule has 0 unspecified atom stereocenters. The number of fused-ring (bicyclic) bond motifs is 1. The predicted octanol–water partition coefficient (Wildman–Crippen LogP) is 5.33. The van der Waals surface area contributed by atoms with Crippen LogP contribution in [0.4, 0.5) is 5.69 Å². The van der Waals surface area contributed by atoms with E-state index >= 15 is 0 Å². The molecule has 128 valence electrons. The summed E-state index contributed by atoms with van der Waals surface area (Å²) >= 11 is 0. The fourth-order valence-corrected chi connectivity index (χ4v) is 3.96. The summed E-state index contributed by atoms with van der Waals surface area (Å²) in [6.07, 6.45) is 1.27. The van der Waals surface area contributed by atoms with Crippen molar-refractivity contribution < 1.29 is 0 Å². The molecule has 0 amide bonds. The third-order valence-corrected chi connectivity index (χ3v) is 5.52.